The van der Waals surface area contributed by atoms with Crippen molar-refractivity contribution in [2.24, 2.45) is 0 Å². The second-order valence-corrected chi connectivity index (χ2v) is 10.5. The number of ether oxygens (including phenoxy) is 1. The zero-order valence-corrected chi connectivity index (χ0v) is 23.9. The van der Waals surface area contributed by atoms with Crippen LogP contribution in [0.3, 0.4) is 0 Å². The summed E-state index contributed by atoms with van der Waals surface area (Å²) >= 11 is 5.94. The maximum Gasteiger partial charge on any atom is 0.221 e. The van der Waals surface area contributed by atoms with E-state index in [0.717, 1.165) is 34.0 Å². The molecule has 0 radical (unpaired) electrons. The number of anilines is 2. The van der Waals surface area contributed by atoms with Gasteiger partial charge >= 0.3 is 0 Å². The zero-order chi connectivity index (χ0) is 27.8. The quantitative estimate of drug-likeness (QED) is 0.282. The van der Waals surface area contributed by atoms with E-state index in [-0.39, 0.29) is 18.0 Å². The summed E-state index contributed by atoms with van der Waals surface area (Å²) in [5.74, 6) is 0.408. The first-order valence-corrected chi connectivity index (χ1v) is 13.3. The molecule has 3 heterocycles. The van der Waals surface area contributed by atoms with Crippen molar-refractivity contribution in [2.45, 2.75) is 46.7 Å². The number of thiocarbonyl (C=S) groups is 1. The number of carbonyl (C=O) groups is 1. The molecule has 2 aromatic carbocycles. The van der Waals surface area contributed by atoms with Crippen molar-refractivity contribution < 1.29 is 9.53 Å². The number of hydrogen-bond donors (Lipinski definition) is 2. The molecule has 5 rings (SSSR count). The molecule has 2 aromatic heterocycles. The highest BCUT2D eigenvalue weighted by Crippen LogP contribution is 2.45. The Hall–Kier alpha value is -4.17. The summed E-state index contributed by atoms with van der Waals surface area (Å²) in [6, 6.07) is 20.2. The number of aromatic nitrogens is 2. The summed E-state index contributed by atoms with van der Waals surface area (Å²) in [6.45, 7) is 10.0. The molecule has 7 nitrogen and oxygen atoms in total. The average molecular weight is 540 g/mol. The zero-order valence-electron chi connectivity index (χ0n) is 23.1. The number of nitrogens with zero attached hydrogens (tertiary/aromatic N) is 3. The van der Waals surface area contributed by atoms with Crippen LogP contribution in [-0.4, -0.2) is 27.7 Å². The Labute approximate surface area is 234 Å². The van der Waals surface area contributed by atoms with Gasteiger partial charge in [0.2, 0.25) is 5.91 Å². The van der Waals surface area contributed by atoms with Gasteiger partial charge in [-0.05, 0) is 105 Å². The van der Waals surface area contributed by atoms with E-state index >= 15 is 0 Å². The van der Waals surface area contributed by atoms with E-state index in [1.54, 1.807) is 13.3 Å². The molecule has 200 valence electrons. The number of methoxy groups -OCH3 is 1. The Kier molecular flexibility index (Phi) is 7.14. The van der Waals surface area contributed by atoms with E-state index in [4.69, 9.17) is 21.9 Å². The molecular weight excluding hydrogens is 506 g/mol. The topological polar surface area (TPSA) is 71.4 Å². The number of nitrogens with one attached hydrogen (secondary N) is 2. The van der Waals surface area contributed by atoms with E-state index in [9.17, 15) is 4.79 Å². The fourth-order valence-electron chi connectivity index (χ4n) is 5.65. The summed E-state index contributed by atoms with van der Waals surface area (Å²) in [5, 5.41) is 7.01. The number of pyridine rings is 1. The lowest BCUT2D eigenvalue weighted by Crippen LogP contribution is -2.29. The van der Waals surface area contributed by atoms with Crippen molar-refractivity contribution in [2.75, 3.05) is 17.3 Å². The molecule has 0 bridgehead atoms. The van der Waals surface area contributed by atoms with Gasteiger partial charge < -0.3 is 24.8 Å². The predicted octanol–water partition coefficient (Wildman–Crippen LogP) is 6.25. The van der Waals surface area contributed by atoms with Gasteiger partial charge in [-0.2, -0.15) is 0 Å². The molecule has 1 fully saturated rings. The van der Waals surface area contributed by atoms with Crippen LogP contribution in [0, 0.1) is 27.7 Å². The summed E-state index contributed by atoms with van der Waals surface area (Å²) < 4.78 is 7.81. The summed E-state index contributed by atoms with van der Waals surface area (Å²) in [4.78, 5) is 18.7. The van der Waals surface area contributed by atoms with Crippen LogP contribution in [0.5, 0.6) is 5.75 Å². The van der Waals surface area contributed by atoms with Gasteiger partial charge in [0.1, 0.15) is 5.75 Å². The molecule has 1 aliphatic heterocycles. The first-order chi connectivity index (χ1) is 18.7. The molecule has 4 aromatic rings. The summed E-state index contributed by atoms with van der Waals surface area (Å²) in [5.41, 5.74) is 9.34. The summed E-state index contributed by atoms with van der Waals surface area (Å²) in [7, 11) is 1.59. The van der Waals surface area contributed by atoms with Crippen molar-refractivity contribution in [3.63, 3.8) is 0 Å². The van der Waals surface area contributed by atoms with Gasteiger partial charge in [0.15, 0.2) is 5.11 Å². The number of hydrogen-bond acceptors (Lipinski definition) is 4. The van der Waals surface area contributed by atoms with Crippen LogP contribution in [0.25, 0.3) is 5.69 Å². The Morgan fingerprint density at radius 3 is 2.38 bits per heavy atom. The van der Waals surface area contributed by atoms with Crippen LogP contribution >= 0.6 is 12.2 Å². The van der Waals surface area contributed by atoms with Crippen molar-refractivity contribution >= 4 is 34.6 Å². The number of carbonyl (C=O) groups excluding carboxylic acids is 1. The normalized spacial score (nSPS) is 16.8. The minimum atomic E-state index is -0.183. The van der Waals surface area contributed by atoms with Gasteiger partial charge in [0.25, 0.3) is 0 Å². The number of rotatable bonds is 6. The fourth-order valence-corrected chi connectivity index (χ4v) is 5.99. The highest BCUT2D eigenvalue weighted by Gasteiger charge is 2.42. The highest BCUT2D eigenvalue weighted by atomic mass is 32.1. The van der Waals surface area contributed by atoms with Gasteiger partial charge in [-0.3, -0.25) is 9.78 Å². The molecule has 8 heteroatoms. The molecule has 0 saturated carbocycles. The largest absolute Gasteiger partial charge is 0.495 e. The molecule has 2 N–H and O–H groups in total. The number of aryl methyl sites for hydroxylation is 3. The van der Waals surface area contributed by atoms with Gasteiger partial charge in [-0.25, -0.2) is 0 Å². The van der Waals surface area contributed by atoms with Crippen LogP contribution in [0.1, 0.15) is 52.8 Å². The molecule has 39 heavy (non-hydrogen) atoms. The van der Waals surface area contributed by atoms with Gasteiger partial charge in [-0.1, -0.05) is 12.1 Å². The van der Waals surface area contributed by atoms with Crippen molar-refractivity contribution in [1.82, 2.24) is 14.9 Å². The van der Waals surface area contributed by atoms with E-state index in [2.05, 4.69) is 72.1 Å². The van der Waals surface area contributed by atoms with E-state index in [0.29, 0.717) is 16.5 Å². The predicted molar refractivity (Wildman–Crippen MR) is 160 cm³/mol. The number of amides is 1. The van der Waals surface area contributed by atoms with E-state index in [1.165, 1.54) is 18.1 Å². The van der Waals surface area contributed by atoms with Crippen LogP contribution in [0.2, 0.25) is 0 Å². The van der Waals surface area contributed by atoms with E-state index < -0.39 is 0 Å². The Bertz CT molecular complexity index is 1540. The number of benzene rings is 2. The maximum absolute atomic E-state index is 11.9. The fraction of sp³-hybridized carbons (Fsp3) is 0.258. The lowest BCUT2D eigenvalue weighted by Gasteiger charge is -2.29. The first-order valence-electron chi connectivity index (χ1n) is 12.9. The molecule has 0 unspecified atom stereocenters. The third-order valence-corrected chi connectivity index (χ3v) is 7.44. The van der Waals surface area contributed by atoms with Crippen LogP contribution in [-0.2, 0) is 4.79 Å². The maximum atomic E-state index is 11.9. The Balaban J connectivity index is 1.69. The minimum Gasteiger partial charge on any atom is -0.495 e. The third kappa shape index (κ3) is 5.00. The van der Waals surface area contributed by atoms with Crippen molar-refractivity contribution in [3.8, 4) is 11.4 Å². The second-order valence-electron chi connectivity index (χ2n) is 10.1. The molecule has 0 aliphatic carbocycles. The summed E-state index contributed by atoms with van der Waals surface area (Å²) in [6.07, 6.45) is 1.81. The SMILES string of the molecule is COc1ccc(N2C(=S)N[C@H](c3ccccn3)[C@@H]2c2cc(C)n(-c3cc(C)cc(C)c3)c2C)cc1NC(C)=O. The van der Waals surface area contributed by atoms with Gasteiger partial charge in [-0.15, -0.1) is 0 Å². The lowest BCUT2D eigenvalue weighted by atomic mass is 9.96. The molecule has 2 atom stereocenters. The Morgan fingerprint density at radius 2 is 1.74 bits per heavy atom. The smallest absolute Gasteiger partial charge is 0.221 e. The minimum absolute atomic E-state index is 0.174. The van der Waals surface area contributed by atoms with Crippen molar-refractivity contribution in [3.05, 3.63) is 101 Å². The average Bonchev–Trinajstić information content (AvgIpc) is 3.38. The monoisotopic (exact) mass is 539 g/mol. The molecule has 0 spiro atoms. The molecule has 1 aliphatic rings. The van der Waals surface area contributed by atoms with Crippen LogP contribution < -0.4 is 20.3 Å². The van der Waals surface area contributed by atoms with Crippen molar-refractivity contribution in [1.29, 1.82) is 0 Å². The van der Waals surface area contributed by atoms with Gasteiger partial charge in [0.05, 0.1) is 30.6 Å². The van der Waals surface area contributed by atoms with Gasteiger partial charge in [0, 0.05) is 35.9 Å². The van der Waals surface area contributed by atoms with Crippen LogP contribution in [0.15, 0.2) is 66.9 Å². The Morgan fingerprint density at radius 1 is 1.00 bits per heavy atom. The standard InChI is InChI=1S/C31H33N5O2S/c1-18-13-19(2)15-24(14-18)35-20(3)16-25(21(35)4)30-29(26-9-7-8-12-32-26)34-31(39)36(30)23-10-11-28(38-6)27(17-23)33-22(5)37/h7-17,29-30H,1-6H3,(H,33,37)(H,34,39)/t29-,30+/m1/s1. The third-order valence-electron chi connectivity index (χ3n) is 7.12. The van der Waals surface area contributed by atoms with E-state index in [1.807, 2.05) is 36.4 Å². The lowest BCUT2D eigenvalue weighted by molar-refractivity contribution is -0.114. The molecular formula is C31H33N5O2S. The van der Waals surface area contributed by atoms with Crippen LogP contribution in [0.4, 0.5) is 11.4 Å². The molecule has 1 amide bonds. The second kappa shape index (κ2) is 10.5. The highest BCUT2D eigenvalue weighted by molar-refractivity contribution is 7.80. The first kappa shape index (κ1) is 26.4. The molecule has 1 saturated heterocycles.